The molecule has 0 spiro atoms. The quantitative estimate of drug-likeness (QED) is 0.150. The summed E-state index contributed by atoms with van der Waals surface area (Å²) in [5, 5.41) is 12.9. The summed E-state index contributed by atoms with van der Waals surface area (Å²) in [4.78, 5) is 29.3. The number of nitrogens with zero attached hydrogens (tertiary/aromatic N) is 2. The van der Waals surface area contributed by atoms with Crippen molar-refractivity contribution in [2.75, 3.05) is 17.6 Å². The Balaban J connectivity index is 1.80. The number of hydrogen-bond acceptors (Lipinski definition) is 6. The van der Waals surface area contributed by atoms with Crippen LogP contribution in [0.1, 0.15) is 35.9 Å². The van der Waals surface area contributed by atoms with Gasteiger partial charge in [-0.2, -0.15) is 0 Å². The number of carbonyl (C=O) groups excluding carboxylic acids is 2. The molecule has 2 aromatic heterocycles. The number of nitrogens with one attached hydrogen (secondary N) is 2. The third-order valence-electron chi connectivity index (χ3n) is 5.09. The average Bonchev–Trinajstić information content (AvgIpc) is 3.15. The molecule has 1 unspecified atom stereocenters. The van der Waals surface area contributed by atoms with Gasteiger partial charge in [0, 0.05) is 42.4 Å². The Morgan fingerprint density at radius 1 is 1.28 bits per heavy atom. The van der Waals surface area contributed by atoms with E-state index < -0.39 is 5.91 Å². The Morgan fingerprint density at radius 2 is 2.06 bits per heavy atom. The number of hydrogen-bond donors (Lipinski definition) is 5. The van der Waals surface area contributed by atoms with Gasteiger partial charge < -0.3 is 32.1 Å². The number of aromatic nitrogens is 2. The summed E-state index contributed by atoms with van der Waals surface area (Å²) in [6, 6.07) is 12.6. The molecule has 0 saturated heterocycles. The number of quaternary nitrogens is 1. The molecule has 1 aromatic carbocycles. The molecule has 9 heteroatoms. The number of nitrogen functional groups attached to an aromatic ring is 1. The molecule has 0 radical (unpaired) electrons. The summed E-state index contributed by atoms with van der Waals surface area (Å²) in [6.07, 6.45) is 2.59. The van der Waals surface area contributed by atoms with Crippen molar-refractivity contribution in [2.45, 2.75) is 26.4 Å². The van der Waals surface area contributed by atoms with Crippen LogP contribution >= 0.6 is 0 Å². The highest BCUT2D eigenvalue weighted by molar-refractivity contribution is 6.16. The molecule has 0 aliphatic rings. The Kier molecular flexibility index (Phi) is 7.14. The van der Waals surface area contributed by atoms with E-state index in [4.69, 9.17) is 16.9 Å². The largest absolute Gasteiger partial charge is 0.399 e. The van der Waals surface area contributed by atoms with Crippen LogP contribution in [0.4, 0.5) is 11.5 Å². The molecule has 0 aliphatic carbocycles. The second-order valence-electron chi connectivity index (χ2n) is 7.56. The van der Waals surface area contributed by atoms with Crippen LogP contribution in [0.5, 0.6) is 0 Å². The fourth-order valence-corrected chi connectivity index (χ4v) is 3.41. The van der Waals surface area contributed by atoms with Crippen LogP contribution < -0.4 is 22.1 Å². The van der Waals surface area contributed by atoms with Crippen LogP contribution in [0.25, 0.3) is 11.0 Å². The highest BCUT2D eigenvalue weighted by atomic mass is 16.1. The van der Waals surface area contributed by atoms with Gasteiger partial charge in [-0.25, -0.2) is 4.98 Å². The van der Waals surface area contributed by atoms with Crippen molar-refractivity contribution in [3.05, 3.63) is 65.5 Å². The maximum Gasteiger partial charge on any atom is 0.263 e. The minimum absolute atomic E-state index is 0.0846. The molecule has 2 heterocycles. The summed E-state index contributed by atoms with van der Waals surface area (Å²) >= 11 is 0. The summed E-state index contributed by atoms with van der Waals surface area (Å²) in [5.41, 5.74) is 14.6. The predicted molar refractivity (Wildman–Crippen MR) is 125 cm³/mol. The number of carbonyl (C=O) groups is 2. The molecule has 3 aromatic rings. The first kappa shape index (κ1) is 22.9. The van der Waals surface area contributed by atoms with Crippen LogP contribution in [0.15, 0.2) is 54.2 Å². The van der Waals surface area contributed by atoms with E-state index in [1.165, 1.54) is 6.92 Å². The third kappa shape index (κ3) is 5.08. The average molecular weight is 435 g/mol. The molecule has 0 saturated carbocycles. The van der Waals surface area contributed by atoms with Gasteiger partial charge in [0.15, 0.2) is 5.78 Å². The number of Topliss-reactive ketones (excluding diaryl/α,β-unsaturated/α-hetero) is 1. The number of amides is 1. The first-order valence-electron chi connectivity index (χ1n) is 10.3. The van der Waals surface area contributed by atoms with Crippen LogP contribution in [0, 0.1) is 5.41 Å². The molecule has 166 valence electrons. The highest BCUT2D eigenvalue weighted by Crippen LogP contribution is 2.24. The third-order valence-corrected chi connectivity index (χ3v) is 5.09. The molecule has 3 rings (SSSR count). The van der Waals surface area contributed by atoms with Gasteiger partial charge in [-0.15, -0.1) is 0 Å². The topological polar surface area (TPSA) is 156 Å². The van der Waals surface area contributed by atoms with E-state index in [1.807, 2.05) is 31.2 Å². The molecule has 0 aliphatic heterocycles. The predicted octanol–water partition coefficient (Wildman–Crippen LogP) is 1.58. The minimum Gasteiger partial charge on any atom is -0.399 e. The van der Waals surface area contributed by atoms with Crippen LogP contribution in [0.3, 0.4) is 0 Å². The summed E-state index contributed by atoms with van der Waals surface area (Å²) in [7, 11) is 0. The standard InChI is InChI=1S/C23H27N7O2/c1-14(10-24)30-20(15(2)31)9-17-6-7-21(28-22(17)30)29-23(32)18(11-25)13-27-12-16-4-3-5-19(26)8-16/h3-9,11,13-14,25,27H,10,12,24,26H2,1-2H3,(H,28,29,32)/p+1. The Morgan fingerprint density at radius 3 is 2.72 bits per heavy atom. The van der Waals surface area contributed by atoms with Crippen molar-refractivity contribution >= 4 is 40.4 Å². The number of nitrogens with two attached hydrogens (primary N) is 3. The monoisotopic (exact) mass is 434 g/mol. The van der Waals surface area contributed by atoms with Gasteiger partial charge in [-0.05, 0) is 37.3 Å². The first-order valence-corrected chi connectivity index (χ1v) is 10.3. The molecule has 1 amide bonds. The molecule has 9 nitrogen and oxygen atoms in total. The van der Waals surface area contributed by atoms with E-state index in [-0.39, 0.29) is 17.4 Å². The second kappa shape index (κ2) is 9.99. The van der Waals surface area contributed by atoms with Gasteiger partial charge in [0.05, 0.1) is 5.69 Å². The minimum atomic E-state index is -0.451. The van der Waals surface area contributed by atoms with E-state index >= 15 is 0 Å². The zero-order valence-corrected chi connectivity index (χ0v) is 18.1. The maximum absolute atomic E-state index is 12.7. The van der Waals surface area contributed by atoms with Crippen molar-refractivity contribution in [2.24, 2.45) is 5.73 Å². The molecule has 32 heavy (non-hydrogen) atoms. The lowest BCUT2D eigenvalue weighted by molar-refractivity contribution is -0.605. The van der Waals surface area contributed by atoms with Crippen molar-refractivity contribution in [3.8, 4) is 0 Å². The first-order chi connectivity index (χ1) is 15.3. The van der Waals surface area contributed by atoms with Gasteiger partial charge in [-0.3, -0.25) is 9.59 Å². The molecular formula is C23H28N7O2+. The number of rotatable bonds is 9. The molecule has 1 atom stereocenters. The normalized spacial score (nSPS) is 12.5. The fraction of sp³-hybridized carbons (Fsp3) is 0.217. The van der Waals surface area contributed by atoms with E-state index in [2.05, 4.69) is 10.3 Å². The lowest BCUT2D eigenvalue weighted by Gasteiger charge is -2.15. The zero-order chi connectivity index (χ0) is 23.3. The van der Waals surface area contributed by atoms with E-state index in [1.54, 1.807) is 34.3 Å². The number of pyridine rings is 1. The molecule has 0 bridgehead atoms. The van der Waals surface area contributed by atoms with Crippen LogP contribution in [0.2, 0.25) is 0 Å². The Hall–Kier alpha value is -3.82. The van der Waals surface area contributed by atoms with Crippen molar-refractivity contribution in [1.29, 1.82) is 5.41 Å². The molecule has 0 fully saturated rings. The summed E-state index contributed by atoms with van der Waals surface area (Å²) < 4.78 is 1.79. The van der Waals surface area contributed by atoms with Crippen molar-refractivity contribution in [1.82, 2.24) is 9.55 Å². The van der Waals surface area contributed by atoms with E-state index in [0.29, 0.717) is 35.9 Å². The highest BCUT2D eigenvalue weighted by Gasteiger charge is 2.18. The molecule has 8 N–H and O–H groups in total. The summed E-state index contributed by atoms with van der Waals surface area (Å²) in [5.74, 6) is -0.212. The number of ketones is 1. The van der Waals surface area contributed by atoms with Crippen molar-refractivity contribution in [3.63, 3.8) is 0 Å². The van der Waals surface area contributed by atoms with Crippen LogP contribution in [-0.4, -0.2) is 34.0 Å². The second-order valence-corrected chi connectivity index (χ2v) is 7.56. The van der Waals surface area contributed by atoms with Gasteiger partial charge in [0.2, 0.25) is 0 Å². The van der Waals surface area contributed by atoms with Crippen LogP contribution in [-0.2, 0) is 11.3 Å². The zero-order valence-electron chi connectivity index (χ0n) is 18.1. The SMILES string of the molecule is CC(=O)c1cc2ccc(NC(=O)C(C=N)=C[NH2+]Cc3cccc(N)c3)nc2n1C(C)CN. The van der Waals surface area contributed by atoms with Crippen molar-refractivity contribution < 1.29 is 14.9 Å². The van der Waals surface area contributed by atoms with E-state index in [0.717, 1.165) is 17.2 Å². The number of benzene rings is 1. The van der Waals surface area contributed by atoms with Gasteiger partial charge in [0.25, 0.3) is 5.91 Å². The Bertz CT molecular complexity index is 1200. The fourth-order valence-electron chi connectivity index (χ4n) is 3.41. The summed E-state index contributed by atoms with van der Waals surface area (Å²) in [6.45, 7) is 4.33. The smallest absolute Gasteiger partial charge is 0.263 e. The lowest BCUT2D eigenvalue weighted by atomic mass is 10.2. The number of anilines is 2. The van der Waals surface area contributed by atoms with Gasteiger partial charge in [-0.1, -0.05) is 12.1 Å². The lowest BCUT2D eigenvalue weighted by Crippen LogP contribution is -2.76. The number of fused-ring (bicyclic) bond motifs is 1. The Labute approximate surface area is 186 Å². The van der Waals surface area contributed by atoms with Gasteiger partial charge >= 0.3 is 0 Å². The van der Waals surface area contributed by atoms with E-state index in [9.17, 15) is 9.59 Å². The van der Waals surface area contributed by atoms with Gasteiger partial charge in [0.1, 0.15) is 29.8 Å². The maximum atomic E-state index is 12.7. The molecular weight excluding hydrogens is 406 g/mol.